The molecular weight excluding hydrogens is 368 g/mol. The molecule has 0 amide bonds. The van der Waals surface area contributed by atoms with E-state index in [1.807, 2.05) is 24.3 Å². The van der Waals surface area contributed by atoms with E-state index in [0.29, 0.717) is 6.54 Å². The van der Waals surface area contributed by atoms with E-state index >= 15 is 0 Å². The molecule has 0 radical (unpaired) electrons. The fourth-order valence-corrected chi connectivity index (χ4v) is 4.44. The Balaban J connectivity index is 1.59. The molecule has 0 aliphatic heterocycles. The fourth-order valence-electron chi connectivity index (χ4n) is 1.73. The quantitative estimate of drug-likeness (QED) is 0.450. The van der Waals surface area contributed by atoms with Crippen LogP contribution in [0.4, 0.5) is 5.13 Å². The molecule has 4 nitrogen and oxygen atoms in total. The molecule has 0 unspecified atom stereocenters. The summed E-state index contributed by atoms with van der Waals surface area (Å²) in [6, 6.07) is 7.73. The van der Waals surface area contributed by atoms with Crippen LogP contribution in [0.3, 0.4) is 0 Å². The van der Waals surface area contributed by atoms with Crippen molar-refractivity contribution in [2.75, 3.05) is 11.9 Å². The van der Waals surface area contributed by atoms with Gasteiger partial charge in [-0.25, -0.2) is 4.98 Å². The third kappa shape index (κ3) is 4.54. The SMILES string of the molecule is C=CCNc1nnc(SCc2csc(-c3ccc(Cl)cc3)n2)s1. The molecule has 8 heteroatoms. The minimum Gasteiger partial charge on any atom is -0.357 e. The molecule has 3 aromatic rings. The van der Waals surface area contributed by atoms with Gasteiger partial charge in [-0.1, -0.05) is 52.9 Å². The van der Waals surface area contributed by atoms with Gasteiger partial charge in [-0.15, -0.1) is 28.1 Å². The number of benzene rings is 1. The van der Waals surface area contributed by atoms with Gasteiger partial charge in [0.15, 0.2) is 4.34 Å². The first-order valence-electron chi connectivity index (χ1n) is 6.76. The van der Waals surface area contributed by atoms with E-state index in [1.165, 1.54) is 11.3 Å². The number of hydrogen-bond acceptors (Lipinski definition) is 7. The van der Waals surface area contributed by atoms with Crippen molar-refractivity contribution >= 4 is 51.2 Å². The summed E-state index contributed by atoms with van der Waals surface area (Å²) < 4.78 is 0.928. The van der Waals surface area contributed by atoms with Crippen molar-refractivity contribution in [1.82, 2.24) is 15.2 Å². The molecule has 0 aliphatic carbocycles. The molecule has 2 heterocycles. The number of thiazole rings is 1. The van der Waals surface area contributed by atoms with Crippen LogP contribution in [-0.4, -0.2) is 21.7 Å². The highest BCUT2D eigenvalue weighted by Crippen LogP contribution is 2.30. The highest BCUT2D eigenvalue weighted by Gasteiger charge is 2.08. The fraction of sp³-hybridized carbons (Fsp3) is 0.133. The summed E-state index contributed by atoms with van der Waals surface area (Å²) in [6.07, 6.45) is 1.79. The molecule has 1 aromatic carbocycles. The zero-order chi connectivity index (χ0) is 16.1. The molecule has 23 heavy (non-hydrogen) atoms. The molecule has 0 saturated carbocycles. The average molecular weight is 381 g/mol. The second-order valence-electron chi connectivity index (χ2n) is 4.48. The van der Waals surface area contributed by atoms with Gasteiger partial charge in [0.1, 0.15) is 5.01 Å². The number of anilines is 1. The molecule has 3 rings (SSSR count). The maximum absolute atomic E-state index is 5.91. The lowest BCUT2D eigenvalue weighted by molar-refractivity contribution is 1.01. The zero-order valence-electron chi connectivity index (χ0n) is 12.0. The maximum Gasteiger partial charge on any atom is 0.206 e. The predicted octanol–water partition coefficient (Wildman–Crippen LogP) is 5.21. The average Bonchev–Trinajstić information content (AvgIpc) is 3.21. The Hall–Kier alpha value is -1.41. The van der Waals surface area contributed by atoms with Crippen LogP contribution in [0.25, 0.3) is 10.6 Å². The molecule has 1 N–H and O–H groups in total. The summed E-state index contributed by atoms with van der Waals surface area (Å²) in [6.45, 7) is 4.36. The van der Waals surface area contributed by atoms with Crippen LogP contribution in [0, 0.1) is 0 Å². The normalized spacial score (nSPS) is 10.7. The first kappa shape index (κ1) is 16.4. The van der Waals surface area contributed by atoms with E-state index in [0.717, 1.165) is 36.5 Å². The van der Waals surface area contributed by atoms with Crippen molar-refractivity contribution in [3.05, 3.63) is 53.0 Å². The van der Waals surface area contributed by atoms with Crippen LogP contribution in [0.2, 0.25) is 5.02 Å². The number of aromatic nitrogens is 3. The standard InChI is InChI=1S/C15H13ClN4S3/c1-2-7-17-14-19-20-15(23-14)22-9-12-8-21-13(18-12)10-3-5-11(16)6-4-10/h2-6,8H,1,7,9H2,(H,17,19). The molecule has 2 aromatic heterocycles. The molecule has 0 saturated heterocycles. The van der Waals surface area contributed by atoms with Crippen molar-refractivity contribution in [3.8, 4) is 10.6 Å². The van der Waals surface area contributed by atoms with E-state index in [9.17, 15) is 0 Å². The Morgan fingerprint density at radius 1 is 1.26 bits per heavy atom. The predicted molar refractivity (Wildman–Crippen MR) is 101 cm³/mol. The first-order chi connectivity index (χ1) is 11.2. The molecule has 0 atom stereocenters. The summed E-state index contributed by atoms with van der Waals surface area (Å²) in [4.78, 5) is 4.66. The lowest BCUT2D eigenvalue weighted by atomic mass is 10.2. The van der Waals surface area contributed by atoms with Crippen molar-refractivity contribution in [3.63, 3.8) is 0 Å². The first-order valence-corrected chi connectivity index (χ1v) is 9.82. The van der Waals surface area contributed by atoms with Crippen LogP contribution in [-0.2, 0) is 5.75 Å². The highest BCUT2D eigenvalue weighted by molar-refractivity contribution is 8.00. The third-order valence-corrected chi connectivity index (χ3v) is 6.03. The summed E-state index contributed by atoms with van der Waals surface area (Å²) >= 11 is 10.7. The Morgan fingerprint density at radius 2 is 2.09 bits per heavy atom. The molecule has 118 valence electrons. The van der Waals surface area contributed by atoms with E-state index in [4.69, 9.17) is 11.6 Å². The van der Waals surface area contributed by atoms with Gasteiger partial charge in [-0.3, -0.25) is 0 Å². The second kappa shape index (κ2) is 7.92. The smallest absolute Gasteiger partial charge is 0.206 e. The van der Waals surface area contributed by atoms with E-state index in [1.54, 1.807) is 29.2 Å². The maximum atomic E-state index is 5.91. The van der Waals surface area contributed by atoms with Gasteiger partial charge >= 0.3 is 0 Å². The zero-order valence-corrected chi connectivity index (χ0v) is 15.2. The molecule has 0 fully saturated rings. The Bertz CT molecular complexity index is 782. The van der Waals surface area contributed by atoms with Crippen LogP contribution in [0.15, 0.2) is 46.6 Å². The van der Waals surface area contributed by atoms with Crippen LogP contribution >= 0.6 is 46.0 Å². The van der Waals surface area contributed by atoms with Gasteiger partial charge < -0.3 is 5.32 Å². The summed E-state index contributed by atoms with van der Waals surface area (Å²) in [5.41, 5.74) is 2.13. The van der Waals surface area contributed by atoms with Gasteiger partial charge in [-0.05, 0) is 12.1 Å². The Kier molecular flexibility index (Phi) is 5.66. The Morgan fingerprint density at radius 3 is 2.87 bits per heavy atom. The molecule has 0 bridgehead atoms. The molecular formula is C15H13ClN4S3. The van der Waals surface area contributed by atoms with Crippen molar-refractivity contribution in [2.24, 2.45) is 0 Å². The molecule has 0 aliphatic rings. The highest BCUT2D eigenvalue weighted by atomic mass is 35.5. The summed E-state index contributed by atoms with van der Waals surface area (Å²) in [5.74, 6) is 0.778. The topological polar surface area (TPSA) is 50.7 Å². The van der Waals surface area contributed by atoms with Gasteiger partial charge in [0.05, 0.1) is 5.69 Å². The Labute approximate surface area is 151 Å². The van der Waals surface area contributed by atoms with Gasteiger partial charge in [0.2, 0.25) is 5.13 Å². The van der Waals surface area contributed by atoms with Gasteiger partial charge in [-0.2, -0.15) is 0 Å². The number of nitrogens with one attached hydrogen (secondary N) is 1. The van der Waals surface area contributed by atoms with Crippen LogP contribution in [0.1, 0.15) is 5.69 Å². The minimum absolute atomic E-state index is 0.690. The van der Waals surface area contributed by atoms with Crippen molar-refractivity contribution in [2.45, 2.75) is 10.1 Å². The number of halogens is 1. The number of rotatable bonds is 7. The third-order valence-electron chi connectivity index (χ3n) is 2.79. The largest absolute Gasteiger partial charge is 0.357 e. The van der Waals surface area contributed by atoms with E-state index < -0.39 is 0 Å². The van der Waals surface area contributed by atoms with Gasteiger partial charge in [0, 0.05) is 28.3 Å². The number of nitrogens with zero attached hydrogens (tertiary/aromatic N) is 3. The summed E-state index contributed by atoms with van der Waals surface area (Å²) in [5, 5.41) is 16.0. The number of thioether (sulfide) groups is 1. The van der Waals surface area contributed by atoms with Gasteiger partial charge in [0.25, 0.3) is 0 Å². The lowest BCUT2D eigenvalue weighted by Crippen LogP contribution is -1.96. The van der Waals surface area contributed by atoms with Crippen molar-refractivity contribution in [1.29, 1.82) is 0 Å². The van der Waals surface area contributed by atoms with Crippen molar-refractivity contribution < 1.29 is 0 Å². The van der Waals surface area contributed by atoms with E-state index in [-0.39, 0.29) is 0 Å². The van der Waals surface area contributed by atoms with E-state index in [2.05, 4.69) is 32.5 Å². The molecule has 0 spiro atoms. The van der Waals surface area contributed by atoms with Crippen LogP contribution in [0.5, 0.6) is 0 Å². The number of hydrogen-bond donors (Lipinski definition) is 1. The van der Waals surface area contributed by atoms with Crippen LogP contribution < -0.4 is 5.32 Å². The second-order valence-corrected chi connectivity index (χ2v) is 7.98. The monoisotopic (exact) mass is 380 g/mol. The summed E-state index contributed by atoms with van der Waals surface area (Å²) in [7, 11) is 0. The lowest BCUT2D eigenvalue weighted by Gasteiger charge is -1.96. The minimum atomic E-state index is 0.690.